The smallest absolute Gasteiger partial charge is 0.0661 e. The van der Waals surface area contributed by atoms with Crippen LogP contribution in [-0.2, 0) is 0 Å². The first-order chi connectivity index (χ1) is 8.06. The van der Waals surface area contributed by atoms with E-state index >= 15 is 0 Å². The van der Waals surface area contributed by atoms with Gasteiger partial charge in [0.05, 0.1) is 10.7 Å². The minimum atomic E-state index is 0.597. The second-order valence-electron chi connectivity index (χ2n) is 3.82. The molecule has 0 spiro atoms. The molecule has 17 heavy (non-hydrogen) atoms. The van der Waals surface area contributed by atoms with Crippen LogP contribution in [0.2, 0.25) is 10.0 Å². The number of anilines is 3. The first-order valence-corrected chi connectivity index (χ1v) is 5.90. The van der Waals surface area contributed by atoms with Gasteiger partial charge in [-0.1, -0.05) is 23.2 Å². The zero-order chi connectivity index (χ0) is 12.4. The molecule has 0 aromatic heterocycles. The number of nitrogen functional groups attached to an aromatic ring is 1. The SMILES string of the molecule is Cc1cc(Cl)ccc1Nc1ccc(N)cc1Cl. The summed E-state index contributed by atoms with van der Waals surface area (Å²) in [4.78, 5) is 0. The second-order valence-corrected chi connectivity index (χ2v) is 4.67. The van der Waals surface area contributed by atoms with Gasteiger partial charge in [0.1, 0.15) is 0 Å². The number of halogens is 2. The molecule has 0 aliphatic carbocycles. The molecule has 0 aliphatic heterocycles. The van der Waals surface area contributed by atoms with Crippen molar-refractivity contribution in [2.75, 3.05) is 11.1 Å². The summed E-state index contributed by atoms with van der Waals surface area (Å²) in [5.74, 6) is 0. The summed E-state index contributed by atoms with van der Waals surface area (Å²) in [6.07, 6.45) is 0. The lowest BCUT2D eigenvalue weighted by Crippen LogP contribution is -1.94. The fourth-order valence-corrected chi connectivity index (χ4v) is 2.01. The predicted octanol–water partition coefficient (Wildman–Crippen LogP) is 4.63. The molecule has 88 valence electrons. The van der Waals surface area contributed by atoms with Crippen molar-refractivity contribution < 1.29 is 0 Å². The molecule has 0 saturated carbocycles. The highest BCUT2D eigenvalue weighted by atomic mass is 35.5. The van der Waals surface area contributed by atoms with Crippen LogP contribution >= 0.6 is 23.2 Å². The van der Waals surface area contributed by atoms with Gasteiger partial charge in [0, 0.05) is 16.4 Å². The van der Waals surface area contributed by atoms with Crippen LogP contribution in [0.15, 0.2) is 36.4 Å². The molecular weight excluding hydrogens is 255 g/mol. The molecule has 0 saturated heterocycles. The van der Waals surface area contributed by atoms with E-state index in [1.165, 1.54) is 0 Å². The molecule has 0 amide bonds. The molecule has 2 aromatic carbocycles. The molecular formula is C13H12Cl2N2. The first-order valence-electron chi connectivity index (χ1n) is 5.14. The molecule has 0 aliphatic rings. The van der Waals surface area contributed by atoms with E-state index in [-0.39, 0.29) is 0 Å². The minimum Gasteiger partial charge on any atom is -0.399 e. The maximum absolute atomic E-state index is 6.09. The van der Waals surface area contributed by atoms with Crippen molar-refractivity contribution in [3.05, 3.63) is 52.0 Å². The average molecular weight is 267 g/mol. The summed E-state index contributed by atoms with van der Waals surface area (Å²) in [6.45, 7) is 1.99. The number of aryl methyl sites for hydroxylation is 1. The van der Waals surface area contributed by atoms with Crippen molar-refractivity contribution in [3.8, 4) is 0 Å². The van der Waals surface area contributed by atoms with Crippen molar-refractivity contribution in [1.29, 1.82) is 0 Å². The van der Waals surface area contributed by atoms with E-state index < -0.39 is 0 Å². The van der Waals surface area contributed by atoms with E-state index in [0.29, 0.717) is 10.7 Å². The third kappa shape index (κ3) is 2.84. The van der Waals surface area contributed by atoms with Crippen LogP contribution in [0.25, 0.3) is 0 Å². The van der Waals surface area contributed by atoms with Crippen molar-refractivity contribution >= 4 is 40.3 Å². The lowest BCUT2D eigenvalue weighted by Gasteiger charge is -2.11. The zero-order valence-corrected chi connectivity index (χ0v) is 10.8. The maximum Gasteiger partial charge on any atom is 0.0661 e. The summed E-state index contributed by atoms with van der Waals surface area (Å²) < 4.78 is 0. The molecule has 2 rings (SSSR count). The standard InChI is InChI=1S/C13H12Cl2N2/c1-8-6-9(14)2-4-12(8)17-13-5-3-10(16)7-11(13)15/h2-7,17H,16H2,1H3. The Bertz CT molecular complexity index is 504. The van der Waals surface area contributed by atoms with Gasteiger partial charge in [0.25, 0.3) is 0 Å². The quantitative estimate of drug-likeness (QED) is 0.778. The Hall–Kier alpha value is -1.38. The molecule has 0 atom stereocenters. The van der Waals surface area contributed by atoms with Crippen LogP contribution in [0.4, 0.5) is 17.1 Å². The predicted molar refractivity (Wildman–Crippen MR) is 75.3 cm³/mol. The molecule has 3 N–H and O–H groups in total. The Kier molecular flexibility index (Phi) is 3.46. The monoisotopic (exact) mass is 266 g/mol. The average Bonchev–Trinajstić information content (AvgIpc) is 2.25. The molecule has 2 nitrogen and oxygen atoms in total. The molecule has 4 heteroatoms. The van der Waals surface area contributed by atoms with Gasteiger partial charge in [-0.2, -0.15) is 0 Å². The van der Waals surface area contributed by atoms with Gasteiger partial charge >= 0.3 is 0 Å². The summed E-state index contributed by atoms with van der Waals surface area (Å²) >= 11 is 12.0. The van der Waals surface area contributed by atoms with Crippen molar-refractivity contribution in [2.24, 2.45) is 0 Å². The van der Waals surface area contributed by atoms with E-state index in [0.717, 1.165) is 22.0 Å². The lowest BCUT2D eigenvalue weighted by atomic mass is 10.2. The fraction of sp³-hybridized carbons (Fsp3) is 0.0769. The molecule has 0 heterocycles. The maximum atomic E-state index is 6.09. The summed E-state index contributed by atoms with van der Waals surface area (Å²) in [5.41, 5.74) is 9.15. The number of nitrogens with two attached hydrogens (primary N) is 1. The first kappa shape index (κ1) is 12.1. The van der Waals surface area contributed by atoms with Gasteiger partial charge < -0.3 is 11.1 Å². The number of hydrogen-bond donors (Lipinski definition) is 2. The van der Waals surface area contributed by atoms with Crippen LogP contribution < -0.4 is 11.1 Å². The van der Waals surface area contributed by atoms with Crippen LogP contribution in [0.1, 0.15) is 5.56 Å². The van der Waals surface area contributed by atoms with E-state index in [2.05, 4.69) is 5.32 Å². The van der Waals surface area contributed by atoms with Crippen molar-refractivity contribution in [1.82, 2.24) is 0 Å². The van der Waals surface area contributed by atoms with E-state index in [9.17, 15) is 0 Å². The lowest BCUT2D eigenvalue weighted by molar-refractivity contribution is 1.43. The van der Waals surface area contributed by atoms with E-state index in [1.807, 2.05) is 31.2 Å². The van der Waals surface area contributed by atoms with Gasteiger partial charge in [-0.3, -0.25) is 0 Å². The summed E-state index contributed by atoms with van der Waals surface area (Å²) in [5, 5.41) is 4.56. The highest BCUT2D eigenvalue weighted by molar-refractivity contribution is 6.33. The third-order valence-electron chi connectivity index (χ3n) is 2.45. The fourth-order valence-electron chi connectivity index (χ4n) is 1.55. The number of nitrogens with one attached hydrogen (secondary N) is 1. The topological polar surface area (TPSA) is 38.0 Å². The Labute approximate surface area is 110 Å². The van der Waals surface area contributed by atoms with Gasteiger partial charge in [0.2, 0.25) is 0 Å². The van der Waals surface area contributed by atoms with Crippen molar-refractivity contribution in [2.45, 2.75) is 6.92 Å². The van der Waals surface area contributed by atoms with Gasteiger partial charge in [0.15, 0.2) is 0 Å². The van der Waals surface area contributed by atoms with E-state index in [1.54, 1.807) is 12.1 Å². The van der Waals surface area contributed by atoms with Crippen LogP contribution in [0.5, 0.6) is 0 Å². The Morgan fingerprint density at radius 3 is 2.35 bits per heavy atom. The minimum absolute atomic E-state index is 0.597. The molecule has 0 bridgehead atoms. The molecule has 2 aromatic rings. The van der Waals surface area contributed by atoms with Crippen LogP contribution in [0.3, 0.4) is 0 Å². The van der Waals surface area contributed by atoms with Gasteiger partial charge in [-0.05, 0) is 48.9 Å². The Balaban J connectivity index is 2.31. The highest BCUT2D eigenvalue weighted by Crippen LogP contribution is 2.29. The zero-order valence-electron chi connectivity index (χ0n) is 9.30. The Morgan fingerprint density at radius 2 is 1.71 bits per heavy atom. The Morgan fingerprint density at radius 1 is 1.00 bits per heavy atom. The normalized spacial score (nSPS) is 10.3. The number of benzene rings is 2. The molecule has 0 unspecified atom stereocenters. The van der Waals surface area contributed by atoms with Crippen molar-refractivity contribution in [3.63, 3.8) is 0 Å². The third-order valence-corrected chi connectivity index (χ3v) is 3.00. The second kappa shape index (κ2) is 4.86. The molecule has 0 radical (unpaired) electrons. The molecule has 0 fully saturated rings. The number of rotatable bonds is 2. The van der Waals surface area contributed by atoms with Crippen LogP contribution in [-0.4, -0.2) is 0 Å². The van der Waals surface area contributed by atoms with Crippen LogP contribution in [0, 0.1) is 6.92 Å². The summed E-state index contributed by atoms with van der Waals surface area (Å²) in [6, 6.07) is 11.0. The summed E-state index contributed by atoms with van der Waals surface area (Å²) in [7, 11) is 0. The highest BCUT2D eigenvalue weighted by Gasteiger charge is 2.03. The number of hydrogen-bond acceptors (Lipinski definition) is 2. The van der Waals surface area contributed by atoms with E-state index in [4.69, 9.17) is 28.9 Å². The van der Waals surface area contributed by atoms with Gasteiger partial charge in [-0.25, -0.2) is 0 Å². The largest absolute Gasteiger partial charge is 0.399 e. The van der Waals surface area contributed by atoms with Gasteiger partial charge in [-0.15, -0.1) is 0 Å².